The van der Waals surface area contributed by atoms with Gasteiger partial charge in [-0.1, -0.05) is 32.0 Å². The molecule has 0 amide bonds. The minimum Gasteiger partial charge on any atom is -0.377 e. The van der Waals surface area contributed by atoms with Crippen molar-refractivity contribution in [3.63, 3.8) is 0 Å². The van der Waals surface area contributed by atoms with Gasteiger partial charge in [-0.15, -0.1) is 0 Å². The molecule has 0 aliphatic carbocycles. The first kappa shape index (κ1) is 17.0. The van der Waals surface area contributed by atoms with Crippen molar-refractivity contribution in [3.05, 3.63) is 41.8 Å². The van der Waals surface area contributed by atoms with Gasteiger partial charge < -0.3 is 9.26 Å². The Morgan fingerprint density at radius 2 is 2.17 bits per heavy atom. The highest BCUT2D eigenvalue weighted by Gasteiger charge is 2.24. The summed E-state index contributed by atoms with van der Waals surface area (Å²) in [6, 6.07) is 4.05. The second-order valence-electron chi connectivity index (χ2n) is 7.43. The molecule has 3 rings (SSSR count). The number of rotatable bonds is 6. The lowest BCUT2D eigenvalue weighted by molar-refractivity contribution is 0.0667. The van der Waals surface area contributed by atoms with Crippen LogP contribution >= 0.6 is 0 Å². The predicted octanol–water partition coefficient (Wildman–Crippen LogP) is 2.94. The summed E-state index contributed by atoms with van der Waals surface area (Å²) in [4.78, 5) is 11.1. The molecule has 3 heterocycles. The summed E-state index contributed by atoms with van der Waals surface area (Å²) in [5.74, 6) is 1.40. The monoisotopic (exact) mass is 330 g/mol. The average molecular weight is 330 g/mol. The van der Waals surface area contributed by atoms with Gasteiger partial charge in [0.25, 0.3) is 0 Å². The van der Waals surface area contributed by atoms with Crippen LogP contribution in [0, 0.1) is 0 Å². The fourth-order valence-electron chi connectivity index (χ4n) is 2.83. The van der Waals surface area contributed by atoms with Crippen LogP contribution in [0.5, 0.6) is 0 Å². The normalized spacial score (nSPS) is 18.4. The lowest BCUT2D eigenvalue weighted by atomic mass is 9.97. The van der Waals surface area contributed by atoms with Crippen LogP contribution in [-0.4, -0.2) is 39.3 Å². The Bertz CT molecular complexity index is 630. The van der Waals surface area contributed by atoms with E-state index in [1.807, 2.05) is 12.3 Å². The van der Waals surface area contributed by atoms with Gasteiger partial charge in [0.15, 0.2) is 5.82 Å². The van der Waals surface area contributed by atoms with E-state index in [0.29, 0.717) is 12.4 Å². The standard InChI is InChI=1S/C18H26N4O2/c1-18(2,3)17-20-16(21-24-17)13-22(12-15-7-5-9-23-15)11-14-6-4-8-19-10-14/h4,6,8,10,15H,5,7,9,11-13H2,1-3H3/t15-/m1/s1. The Labute approximate surface area is 143 Å². The lowest BCUT2D eigenvalue weighted by Gasteiger charge is -2.23. The molecule has 2 aromatic heterocycles. The molecule has 1 aliphatic heterocycles. The molecule has 0 spiro atoms. The number of aromatic nitrogens is 3. The summed E-state index contributed by atoms with van der Waals surface area (Å²) >= 11 is 0. The van der Waals surface area contributed by atoms with E-state index in [0.717, 1.165) is 38.4 Å². The number of hydrogen-bond donors (Lipinski definition) is 0. The highest BCUT2D eigenvalue weighted by molar-refractivity contribution is 5.08. The SMILES string of the molecule is CC(C)(C)c1nc(CN(Cc2cccnc2)C[C@H]2CCCO2)no1. The molecule has 0 bridgehead atoms. The molecule has 24 heavy (non-hydrogen) atoms. The second kappa shape index (κ2) is 7.40. The van der Waals surface area contributed by atoms with E-state index in [1.54, 1.807) is 6.20 Å². The van der Waals surface area contributed by atoms with E-state index >= 15 is 0 Å². The summed E-state index contributed by atoms with van der Waals surface area (Å²) in [5.41, 5.74) is 1.05. The molecule has 6 heteroatoms. The largest absolute Gasteiger partial charge is 0.377 e. The van der Waals surface area contributed by atoms with Crippen LogP contribution in [0.1, 0.15) is 50.9 Å². The smallest absolute Gasteiger partial charge is 0.232 e. The number of nitrogens with zero attached hydrogens (tertiary/aromatic N) is 4. The van der Waals surface area contributed by atoms with E-state index in [2.05, 4.69) is 46.9 Å². The third-order valence-corrected chi connectivity index (χ3v) is 4.09. The van der Waals surface area contributed by atoms with Crippen molar-refractivity contribution in [3.8, 4) is 0 Å². The van der Waals surface area contributed by atoms with Gasteiger partial charge in [0.05, 0.1) is 12.6 Å². The van der Waals surface area contributed by atoms with Crippen molar-refractivity contribution < 1.29 is 9.26 Å². The maximum atomic E-state index is 5.80. The fourth-order valence-corrected chi connectivity index (χ4v) is 2.83. The minimum atomic E-state index is -0.131. The van der Waals surface area contributed by atoms with Crippen molar-refractivity contribution in [2.45, 2.75) is 58.2 Å². The number of pyridine rings is 1. The number of hydrogen-bond acceptors (Lipinski definition) is 6. The first-order chi connectivity index (χ1) is 11.5. The second-order valence-corrected chi connectivity index (χ2v) is 7.43. The van der Waals surface area contributed by atoms with Crippen LogP contribution in [0.2, 0.25) is 0 Å². The molecule has 1 atom stereocenters. The molecule has 0 saturated carbocycles. The van der Waals surface area contributed by atoms with Crippen LogP contribution in [-0.2, 0) is 23.2 Å². The molecule has 1 fully saturated rings. The van der Waals surface area contributed by atoms with Gasteiger partial charge in [-0.25, -0.2) is 0 Å². The highest BCUT2D eigenvalue weighted by Crippen LogP contribution is 2.21. The van der Waals surface area contributed by atoms with Gasteiger partial charge in [-0.2, -0.15) is 4.98 Å². The van der Waals surface area contributed by atoms with Crippen LogP contribution in [0.4, 0.5) is 0 Å². The Morgan fingerprint density at radius 3 is 2.79 bits per heavy atom. The van der Waals surface area contributed by atoms with Gasteiger partial charge in [0.1, 0.15) is 0 Å². The highest BCUT2D eigenvalue weighted by atomic mass is 16.5. The van der Waals surface area contributed by atoms with Crippen LogP contribution in [0.15, 0.2) is 29.0 Å². The zero-order valence-electron chi connectivity index (χ0n) is 14.7. The molecule has 0 radical (unpaired) electrons. The zero-order valence-corrected chi connectivity index (χ0v) is 14.7. The summed E-state index contributed by atoms with van der Waals surface area (Å²) in [6.45, 7) is 9.40. The molecule has 0 N–H and O–H groups in total. The minimum absolute atomic E-state index is 0.131. The first-order valence-corrected chi connectivity index (χ1v) is 8.56. The van der Waals surface area contributed by atoms with E-state index in [9.17, 15) is 0 Å². The predicted molar refractivity (Wildman–Crippen MR) is 90.3 cm³/mol. The van der Waals surface area contributed by atoms with Crippen LogP contribution < -0.4 is 0 Å². The summed E-state index contributed by atoms with van der Waals surface area (Å²) in [6.07, 6.45) is 6.24. The molecule has 1 saturated heterocycles. The zero-order chi connectivity index (χ0) is 17.0. The maximum Gasteiger partial charge on any atom is 0.232 e. The van der Waals surface area contributed by atoms with E-state index in [1.165, 1.54) is 5.56 Å². The Morgan fingerprint density at radius 1 is 1.29 bits per heavy atom. The molecule has 0 unspecified atom stereocenters. The molecule has 0 aromatic carbocycles. The van der Waals surface area contributed by atoms with Gasteiger partial charge in [0, 0.05) is 37.5 Å². The Hall–Kier alpha value is -1.79. The Kier molecular flexibility index (Phi) is 5.26. The Balaban J connectivity index is 1.70. The van der Waals surface area contributed by atoms with Crippen LogP contribution in [0.3, 0.4) is 0 Å². The summed E-state index contributed by atoms with van der Waals surface area (Å²) in [5, 5.41) is 4.15. The maximum absolute atomic E-state index is 5.80. The lowest BCUT2D eigenvalue weighted by Crippen LogP contribution is -2.32. The fraction of sp³-hybridized carbons (Fsp3) is 0.611. The molecule has 2 aromatic rings. The molecular formula is C18H26N4O2. The van der Waals surface area contributed by atoms with E-state index < -0.39 is 0 Å². The topological polar surface area (TPSA) is 64.3 Å². The molecule has 1 aliphatic rings. The van der Waals surface area contributed by atoms with Crippen molar-refractivity contribution in [1.82, 2.24) is 20.0 Å². The number of ether oxygens (including phenoxy) is 1. The average Bonchev–Trinajstić information content (AvgIpc) is 3.19. The molecular weight excluding hydrogens is 304 g/mol. The van der Waals surface area contributed by atoms with Crippen LogP contribution in [0.25, 0.3) is 0 Å². The van der Waals surface area contributed by atoms with E-state index in [4.69, 9.17) is 9.26 Å². The van der Waals surface area contributed by atoms with Gasteiger partial charge in [-0.05, 0) is 24.5 Å². The van der Waals surface area contributed by atoms with Crippen molar-refractivity contribution in [2.24, 2.45) is 0 Å². The van der Waals surface area contributed by atoms with E-state index in [-0.39, 0.29) is 11.5 Å². The third-order valence-electron chi connectivity index (χ3n) is 4.09. The molecule has 6 nitrogen and oxygen atoms in total. The van der Waals surface area contributed by atoms with Gasteiger partial charge in [0.2, 0.25) is 5.89 Å². The summed E-state index contributed by atoms with van der Waals surface area (Å²) < 4.78 is 11.2. The summed E-state index contributed by atoms with van der Waals surface area (Å²) in [7, 11) is 0. The third kappa shape index (κ3) is 4.61. The van der Waals surface area contributed by atoms with Gasteiger partial charge in [-0.3, -0.25) is 9.88 Å². The van der Waals surface area contributed by atoms with Crippen molar-refractivity contribution >= 4 is 0 Å². The molecule has 130 valence electrons. The van der Waals surface area contributed by atoms with Gasteiger partial charge >= 0.3 is 0 Å². The first-order valence-electron chi connectivity index (χ1n) is 8.56. The van der Waals surface area contributed by atoms with Crippen molar-refractivity contribution in [1.29, 1.82) is 0 Å². The quantitative estimate of drug-likeness (QED) is 0.811. The van der Waals surface area contributed by atoms with Crippen molar-refractivity contribution in [2.75, 3.05) is 13.2 Å².